The highest BCUT2D eigenvalue weighted by atomic mass is 35.5. The Labute approximate surface area is 105 Å². The molecule has 1 aromatic carbocycles. The van der Waals surface area contributed by atoms with Gasteiger partial charge in [-0.3, -0.25) is 0 Å². The van der Waals surface area contributed by atoms with Crippen molar-refractivity contribution >= 4 is 22.9 Å². The van der Waals surface area contributed by atoms with Crippen molar-refractivity contribution in [2.75, 3.05) is 0 Å². The maximum Gasteiger partial charge on any atom is 0.0438 e. The molecule has 0 amide bonds. The summed E-state index contributed by atoms with van der Waals surface area (Å²) in [4.78, 5) is 0. The normalized spacial score (nSPS) is 12.7. The topological polar surface area (TPSA) is 26.0 Å². The Morgan fingerprint density at radius 1 is 1.38 bits per heavy atom. The third-order valence-corrected chi connectivity index (χ3v) is 3.80. The molecular weight excluding hydrogens is 238 g/mol. The Hall–Kier alpha value is -0.830. The van der Waals surface area contributed by atoms with Crippen molar-refractivity contribution in [1.82, 2.24) is 0 Å². The minimum atomic E-state index is 0.0210. The van der Waals surface area contributed by atoms with Crippen molar-refractivity contribution in [1.29, 1.82) is 0 Å². The summed E-state index contributed by atoms with van der Waals surface area (Å²) in [7, 11) is 0. The van der Waals surface area contributed by atoms with E-state index in [-0.39, 0.29) is 6.04 Å². The van der Waals surface area contributed by atoms with Crippen molar-refractivity contribution in [3.63, 3.8) is 0 Å². The fourth-order valence-corrected chi connectivity index (χ4v) is 2.49. The van der Waals surface area contributed by atoms with Crippen LogP contribution in [-0.4, -0.2) is 0 Å². The zero-order valence-corrected chi connectivity index (χ0v) is 10.7. The Bertz CT molecular complexity index is 465. The Morgan fingerprint density at radius 3 is 2.81 bits per heavy atom. The molecule has 0 radical (unpaired) electrons. The highest BCUT2D eigenvalue weighted by Gasteiger charge is 2.08. The summed E-state index contributed by atoms with van der Waals surface area (Å²) in [5.74, 6) is 0. The summed E-state index contributed by atoms with van der Waals surface area (Å²) < 4.78 is 0. The fraction of sp³-hybridized carbons (Fsp3) is 0.231. The number of thiophene rings is 1. The first kappa shape index (κ1) is 11.6. The van der Waals surface area contributed by atoms with Crippen LogP contribution in [0.3, 0.4) is 0 Å². The van der Waals surface area contributed by atoms with Gasteiger partial charge in [0, 0.05) is 11.1 Å². The van der Waals surface area contributed by atoms with E-state index in [4.69, 9.17) is 17.3 Å². The molecule has 1 heterocycles. The van der Waals surface area contributed by atoms with Crippen LogP contribution in [0.1, 0.15) is 22.7 Å². The van der Waals surface area contributed by atoms with E-state index in [0.717, 1.165) is 22.6 Å². The maximum absolute atomic E-state index is 6.15. The molecule has 0 aliphatic heterocycles. The van der Waals surface area contributed by atoms with E-state index in [9.17, 15) is 0 Å². The quantitative estimate of drug-likeness (QED) is 0.878. The van der Waals surface area contributed by atoms with E-state index in [1.165, 1.54) is 5.56 Å². The molecule has 1 aromatic heterocycles. The van der Waals surface area contributed by atoms with Crippen molar-refractivity contribution in [2.45, 2.75) is 19.4 Å². The smallest absolute Gasteiger partial charge is 0.0438 e. The van der Waals surface area contributed by atoms with Gasteiger partial charge in [0.1, 0.15) is 0 Å². The van der Waals surface area contributed by atoms with Crippen LogP contribution >= 0.6 is 22.9 Å². The zero-order chi connectivity index (χ0) is 11.5. The molecule has 1 nitrogen and oxygen atoms in total. The molecule has 0 bridgehead atoms. The van der Waals surface area contributed by atoms with Gasteiger partial charge in [0.05, 0.1) is 0 Å². The fourth-order valence-electron chi connectivity index (χ4n) is 1.62. The number of benzene rings is 1. The molecule has 2 N–H and O–H groups in total. The second-order valence-electron chi connectivity index (χ2n) is 3.95. The number of nitrogens with two attached hydrogens (primary N) is 1. The van der Waals surface area contributed by atoms with Gasteiger partial charge in [0.25, 0.3) is 0 Å². The molecule has 16 heavy (non-hydrogen) atoms. The van der Waals surface area contributed by atoms with Gasteiger partial charge in [-0.2, -0.15) is 11.3 Å². The van der Waals surface area contributed by atoms with Gasteiger partial charge in [-0.15, -0.1) is 0 Å². The van der Waals surface area contributed by atoms with Crippen molar-refractivity contribution < 1.29 is 0 Å². The molecule has 2 rings (SSSR count). The van der Waals surface area contributed by atoms with E-state index in [0.29, 0.717) is 0 Å². The van der Waals surface area contributed by atoms with Crippen LogP contribution in [0, 0.1) is 6.92 Å². The minimum Gasteiger partial charge on any atom is -0.324 e. The highest BCUT2D eigenvalue weighted by Crippen LogP contribution is 2.23. The molecule has 0 saturated carbocycles. The average Bonchev–Trinajstić information content (AvgIpc) is 2.74. The van der Waals surface area contributed by atoms with Crippen molar-refractivity contribution in [3.8, 4) is 0 Å². The lowest BCUT2D eigenvalue weighted by Crippen LogP contribution is -2.12. The first-order valence-corrected chi connectivity index (χ1v) is 6.51. The van der Waals surface area contributed by atoms with Crippen LogP contribution in [0.2, 0.25) is 5.02 Å². The summed E-state index contributed by atoms with van der Waals surface area (Å²) in [5.41, 5.74) is 9.63. The van der Waals surface area contributed by atoms with E-state index < -0.39 is 0 Å². The minimum absolute atomic E-state index is 0.0210. The van der Waals surface area contributed by atoms with Gasteiger partial charge in [-0.05, 0) is 52.9 Å². The lowest BCUT2D eigenvalue weighted by Gasteiger charge is -2.12. The van der Waals surface area contributed by atoms with Gasteiger partial charge >= 0.3 is 0 Å². The number of hydrogen-bond donors (Lipinski definition) is 1. The Kier molecular flexibility index (Phi) is 3.64. The van der Waals surface area contributed by atoms with Crippen LogP contribution in [-0.2, 0) is 6.42 Å². The third kappa shape index (κ3) is 2.64. The molecule has 0 spiro atoms. The molecule has 84 valence electrons. The van der Waals surface area contributed by atoms with E-state index in [1.807, 2.05) is 19.1 Å². The highest BCUT2D eigenvalue weighted by molar-refractivity contribution is 7.07. The van der Waals surface area contributed by atoms with Crippen LogP contribution in [0.5, 0.6) is 0 Å². The summed E-state index contributed by atoms with van der Waals surface area (Å²) in [6.45, 7) is 2.00. The molecule has 0 aliphatic carbocycles. The lowest BCUT2D eigenvalue weighted by molar-refractivity contribution is 0.723. The number of rotatable bonds is 3. The van der Waals surface area contributed by atoms with Gasteiger partial charge in [-0.25, -0.2) is 0 Å². The standard InChI is InChI=1S/C13H14ClNS/c1-9-2-3-11(7-12(9)14)13(15)6-10-4-5-16-8-10/h2-5,7-8,13H,6,15H2,1H3. The SMILES string of the molecule is Cc1ccc(C(N)Cc2ccsc2)cc1Cl. The summed E-state index contributed by atoms with van der Waals surface area (Å²) in [6, 6.07) is 8.17. The van der Waals surface area contributed by atoms with Crippen LogP contribution < -0.4 is 5.73 Å². The zero-order valence-electron chi connectivity index (χ0n) is 9.11. The van der Waals surface area contributed by atoms with E-state index >= 15 is 0 Å². The monoisotopic (exact) mass is 251 g/mol. The molecule has 1 unspecified atom stereocenters. The predicted octanol–water partition coefficient (Wildman–Crippen LogP) is 3.95. The molecular formula is C13H14ClNS. The summed E-state index contributed by atoms with van der Waals surface area (Å²) >= 11 is 7.79. The Balaban J connectivity index is 2.14. The first-order chi connectivity index (χ1) is 7.66. The van der Waals surface area contributed by atoms with Crippen LogP contribution in [0.15, 0.2) is 35.0 Å². The van der Waals surface area contributed by atoms with E-state index in [1.54, 1.807) is 11.3 Å². The third-order valence-electron chi connectivity index (χ3n) is 2.66. The maximum atomic E-state index is 6.15. The van der Waals surface area contributed by atoms with Crippen LogP contribution in [0.4, 0.5) is 0 Å². The van der Waals surface area contributed by atoms with Gasteiger partial charge < -0.3 is 5.73 Å². The van der Waals surface area contributed by atoms with Gasteiger partial charge in [0.2, 0.25) is 0 Å². The molecule has 0 saturated heterocycles. The second kappa shape index (κ2) is 5.00. The average molecular weight is 252 g/mol. The first-order valence-electron chi connectivity index (χ1n) is 5.19. The van der Waals surface area contributed by atoms with Crippen molar-refractivity contribution in [3.05, 3.63) is 56.7 Å². The number of halogens is 1. The molecule has 3 heteroatoms. The molecule has 0 fully saturated rings. The largest absolute Gasteiger partial charge is 0.324 e. The predicted molar refractivity (Wildman–Crippen MR) is 71.1 cm³/mol. The second-order valence-corrected chi connectivity index (χ2v) is 5.14. The lowest BCUT2D eigenvalue weighted by atomic mass is 10.0. The summed E-state index contributed by atoms with van der Waals surface area (Å²) in [6.07, 6.45) is 0.864. The number of aryl methyl sites for hydroxylation is 1. The molecule has 1 atom stereocenters. The van der Waals surface area contributed by atoms with Crippen molar-refractivity contribution in [2.24, 2.45) is 5.73 Å². The Morgan fingerprint density at radius 2 is 2.19 bits per heavy atom. The molecule has 0 aliphatic rings. The summed E-state index contributed by atoms with van der Waals surface area (Å²) in [5, 5.41) is 5.00. The van der Waals surface area contributed by atoms with Gasteiger partial charge in [-0.1, -0.05) is 23.7 Å². The number of hydrogen-bond acceptors (Lipinski definition) is 2. The molecule has 2 aromatic rings. The van der Waals surface area contributed by atoms with Gasteiger partial charge in [0.15, 0.2) is 0 Å². The van der Waals surface area contributed by atoms with E-state index in [2.05, 4.69) is 22.9 Å². The van der Waals surface area contributed by atoms with Crippen LogP contribution in [0.25, 0.3) is 0 Å².